The summed E-state index contributed by atoms with van der Waals surface area (Å²) >= 11 is 0. The van der Waals surface area contributed by atoms with Gasteiger partial charge in [-0.1, -0.05) is 12.1 Å². The molecule has 5 unspecified atom stereocenters. The number of fused-ring (bicyclic) bond motifs is 1. The van der Waals surface area contributed by atoms with Crippen LogP contribution in [0.15, 0.2) is 48.5 Å². The first-order valence-corrected chi connectivity index (χ1v) is 8.59. The number of nitrogens with zero attached hydrogens (tertiary/aromatic N) is 1. The molecule has 1 aliphatic rings. The SMILES string of the molecule is OCC1OC(Oc2ccc(-c3nc4ccccc4[nH]3)cc2)C(O)C(O)C1O. The molecule has 8 heteroatoms. The number of hydrogen-bond donors (Lipinski definition) is 5. The van der Waals surface area contributed by atoms with Crippen molar-refractivity contribution in [3.05, 3.63) is 48.5 Å². The van der Waals surface area contributed by atoms with Crippen molar-refractivity contribution >= 4 is 11.0 Å². The van der Waals surface area contributed by atoms with Crippen LogP contribution in [0.25, 0.3) is 22.4 Å². The number of aliphatic hydroxyl groups excluding tert-OH is 4. The van der Waals surface area contributed by atoms with Crippen LogP contribution in [0.2, 0.25) is 0 Å². The van der Waals surface area contributed by atoms with Crippen LogP contribution in [0, 0.1) is 0 Å². The molecule has 1 aromatic heterocycles. The minimum atomic E-state index is -1.48. The van der Waals surface area contributed by atoms with Crippen LogP contribution in [0.1, 0.15) is 0 Å². The zero-order valence-corrected chi connectivity index (χ0v) is 14.3. The normalized spacial score (nSPS) is 28.4. The van der Waals surface area contributed by atoms with E-state index in [0.717, 1.165) is 22.4 Å². The van der Waals surface area contributed by atoms with Gasteiger partial charge < -0.3 is 34.9 Å². The Kier molecular flexibility index (Phi) is 4.81. The van der Waals surface area contributed by atoms with Gasteiger partial charge in [-0.2, -0.15) is 0 Å². The van der Waals surface area contributed by atoms with Gasteiger partial charge in [-0.3, -0.25) is 0 Å². The van der Waals surface area contributed by atoms with Crippen molar-refractivity contribution < 1.29 is 29.9 Å². The van der Waals surface area contributed by atoms with Crippen molar-refractivity contribution in [2.45, 2.75) is 30.7 Å². The molecule has 4 rings (SSSR count). The largest absolute Gasteiger partial charge is 0.462 e. The van der Waals surface area contributed by atoms with E-state index in [1.165, 1.54) is 0 Å². The summed E-state index contributed by atoms with van der Waals surface area (Å²) in [7, 11) is 0. The lowest BCUT2D eigenvalue weighted by atomic mass is 9.99. The maximum Gasteiger partial charge on any atom is 0.229 e. The van der Waals surface area contributed by atoms with Gasteiger partial charge in [-0.15, -0.1) is 0 Å². The number of ether oxygens (including phenoxy) is 2. The van der Waals surface area contributed by atoms with Crippen molar-refractivity contribution in [2.24, 2.45) is 0 Å². The van der Waals surface area contributed by atoms with E-state index in [2.05, 4.69) is 9.97 Å². The van der Waals surface area contributed by atoms with E-state index < -0.39 is 37.3 Å². The molecule has 0 bridgehead atoms. The molecule has 0 saturated carbocycles. The summed E-state index contributed by atoms with van der Waals surface area (Å²) in [5.74, 6) is 1.12. The molecule has 8 nitrogen and oxygen atoms in total. The molecule has 1 aliphatic heterocycles. The molecule has 142 valence electrons. The highest BCUT2D eigenvalue weighted by atomic mass is 16.7. The van der Waals surface area contributed by atoms with Crippen LogP contribution in [-0.4, -0.2) is 67.7 Å². The number of hydrogen-bond acceptors (Lipinski definition) is 7. The average Bonchev–Trinajstić information content (AvgIpc) is 3.13. The summed E-state index contributed by atoms with van der Waals surface area (Å²) in [4.78, 5) is 7.77. The molecule has 27 heavy (non-hydrogen) atoms. The summed E-state index contributed by atoms with van der Waals surface area (Å²) in [5.41, 5.74) is 2.66. The van der Waals surface area contributed by atoms with E-state index in [1.54, 1.807) is 24.3 Å². The van der Waals surface area contributed by atoms with E-state index in [0.29, 0.717) is 5.75 Å². The average molecular weight is 372 g/mol. The fourth-order valence-corrected chi connectivity index (χ4v) is 3.08. The number of nitrogens with one attached hydrogen (secondary N) is 1. The van der Waals surface area contributed by atoms with Crippen LogP contribution >= 0.6 is 0 Å². The van der Waals surface area contributed by atoms with Crippen molar-refractivity contribution in [2.75, 3.05) is 6.61 Å². The first kappa shape index (κ1) is 17.9. The van der Waals surface area contributed by atoms with Gasteiger partial charge in [0.15, 0.2) is 0 Å². The van der Waals surface area contributed by atoms with Crippen LogP contribution < -0.4 is 4.74 Å². The van der Waals surface area contributed by atoms with Crippen molar-refractivity contribution in [3.8, 4) is 17.1 Å². The first-order valence-electron chi connectivity index (χ1n) is 8.59. The third-order valence-electron chi connectivity index (χ3n) is 4.62. The third kappa shape index (κ3) is 3.41. The molecule has 2 heterocycles. The molecule has 0 aliphatic carbocycles. The van der Waals surface area contributed by atoms with Crippen molar-refractivity contribution in [1.29, 1.82) is 0 Å². The molecular weight excluding hydrogens is 352 g/mol. The molecule has 0 amide bonds. The number of H-pyrrole nitrogens is 1. The Balaban J connectivity index is 1.50. The lowest BCUT2D eigenvalue weighted by Crippen LogP contribution is -2.60. The lowest BCUT2D eigenvalue weighted by molar-refractivity contribution is -0.277. The summed E-state index contributed by atoms with van der Waals surface area (Å²) in [6.07, 6.45) is -6.56. The zero-order valence-electron chi connectivity index (χ0n) is 14.3. The van der Waals surface area contributed by atoms with Gasteiger partial charge in [0, 0.05) is 5.56 Å². The molecular formula is C19H20N2O6. The van der Waals surface area contributed by atoms with E-state index in [1.807, 2.05) is 24.3 Å². The fourth-order valence-electron chi connectivity index (χ4n) is 3.08. The Labute approximate surface area is 154 Å². The number of para-hydroxylation sites is 2. The Morgan fingerprint density at radius 1 is 0.963 bits per heavy atom. The van der Waals surface area contributed by atoms with Gasteiger partial charge in [0.1, 0.15) is 36.0 Å². The molecule has 3 aromatic rings. The fraction of sp³-hybridized carbons (Fsp3) is 0.316. The second-order valence-electron chi connectivity index (χ2n) is 6.44. The highest BCUT2D eigenvalue weighted by Gasteiger charge is 2.44. The predicted octanol–water partition coefficient (Wildman–Crippen LogP) is 0.409. The molecule has 0 radical (unpaired) electrons. The molecule has 5 N–H and O–H groups in total. The second kappa shape index (κ2) is 7.26. The third-order valence-corrected chi connectivity index (χ3v) is 4.62. The van der Waals surface area contributed by atoms with Crippen molar-refractivity contribution in [1.82, 2.24) is 9.97 Å². The lowest BCUT2D eigenvalue weighted by Gasteiger charge is -2.39. The van der Waals surface area contributed by atoms with Crippen LogP contribution in [-0.2, 0) is 4.74 Å². The van der Waals surface area contributed by atoms with Crippen LogP contribution in [0.4, 0.5) is 0 Å². The smallest absolute Gasteiger partial charge is 0.229 e. The second-order valence-corrected chi connectivity index (χ2v) is 6.44. The number of aliphatic hydroxyl groups is 4. The Hall–Kier alpha value is -2.49. The molecule has 1 saturated heterocycles. The monoisotopic (exact) mass is 372 g/mol. The number of aromatic nitrogens is 2. The number of rotatable bonds is 4. The van der Waals surface area contributed by atoms with E-state index in [4.69, 9.17) is 9.47 Å². The predicted molar refractivity (Wildman–Crippen MR) is 95.9 cm³/mol. The highest BCUT2D eigenvalue weighted by molar-refractivity contribution is 5.79. The van der Waals surface area contributed by atoms with E-state index in [-0.39, 0.29) is 0 Å². The van der Waals surface area contributed by atoms with Gasteiger partial charge in [0.25, 0.3) is 0 Å². The Bertz CT molecular complexity index is 877. The topological polar surface area (TPSA) is 128 Å². The quantitative estimate of drug-likeness (QED) is 0.449. The van der Waals surface area contributed by atoms with Gasteiger partial charge in [0.05, 0.1) is 17.6 Å². The zero-order chi connectivity index (χ0) is 19.0. The number of imidazole rings is 1. The van der Waals surface area contributed by atoms with E-state index >= 15 is 0 Å². The first-order chi connectivity index (χ1) is 13.1. The van der Waals surface area contributed by atoms with E-state index in [9.17, 15) is 20.4 Å². The van der Waals surface area contributed by atoms with Gasteiger partial charge in [-0.05, 0) is 36.4 Å². The Morgan fingerprint density at radius 2 is 1.70 bits per heavy atom. The highest BCUT2D eigenvalue weighted by Crippen LogP contribution is 2.26. The molecule has 2 aromatic carbocycles. The summed E-state index contributed by atoms with van der Waals surface area (Å²) in [5, 5.41) is 38.9. The minimum absolute atomic E-state index is 0.402. The minimum Gasteiger partial charge on any atom is -0.462 e. The van der Waals surface area contributed by atoms with Gasteiger partial charge >= 0.3 is 0 Å². The number of benzene rings is 2. The number of aromatic amines is 1. The maximum absolute atomic E-state index is 10.0. The van der Waals surface area contributed by atoms with Gasteiger partial charge in [-0.25, -0.2) is 4.98 Å². The standard InChI is InChI=1S/C19H20N2O6/c22-9-14-15(23)16(24)17(25)19(27-14)26-11-7-5-10(6-8-11)18-20-12-3-1-2-4-13(12)21-18/h1-8,14-17,19,22-25H,9H2,(H,20,21). The molecule has 5 atom stereocenters. The van der Waals surface area contributed by atoms with Crippen molar-refractivity contribution in [3.63, 3.8) is 0 Å². The van der Waals surface area contributed by atoms with Crippen LogP contribution in [0.3, 0.4) is 0 Å². The summed E-state index contributed by atoms with van der Waals surface area (Å²) in [6.45, 7) is -0.504. The summed E-state index contributed by atoms with van der Waals surface area (Å²) < 4.78 is 10.9. The summed E-state index contributed by atoms with van der Waals surface area (Å²) in [6, 6.07) is 14.7. The Morgan fingerprint density at radius 3 is 2.41 bits per heavy atom. The maximum atomic E-state index is 10.0. The van der Waals surface area contributed by atoms with Crippen LogP contribution in [0.5, 0.6) is 5.75 Å². The molecule has 0 spiro atoms. The van der Waals surface area contributed by atoms with Gasteiger partial charge in [0.2, 0.25) is 6.29 Å². The molecule has 1 fully saturated rings.